The second kappa shape index (κ2) is 5.80. The molecule has 0 fully saturated rings. The van der Waals surface area contributed by atoms with Crippen LogP contribution in [0.2, 0.25) is 0 Å². The van der Waals surface area contributed by atoms with Gasteiger partial charge in [-0.1, -0.05) is 13.8 Å². The zero-order valence-electron chi connectivity index (χ0n) is 10.9. The predicted octanol–water partition coefficient (Wildman–Crippen LogP) is 2.52. The highest BCUT2D eigenvalue weighted by molar-refractivity contribution is 7.10. The van der Waals surface area contributed by atoms with Crippen LogP contribution in [0.1, 0.15) is 24.3 Å². The third-order valence-electron chi connectivity index (χ3n) is 2.94. The maximum atomic E-state index is 5.74. The highest BCUT2D eigenvalue weighted by Crippen LogP contribution is 2.18. The van der Waals surface area contributed by atoms with Crippen molar-refractivity contribution in [1.29, 1.82) is 0 Å². The van der Waals surface area contributed by atoms with E-state index in [9.17, 15) is 0 Å². The van der Waals surface area contributed by atoms with Crippen LogP contribution >= 0.6 is 11.3 Å². The van der Waals surface area contributed by atoms with E-state index in [2.05, 4.69) is 44.2 Å². The van der Waals surface area contributed by atoms with Gasteiger partial charge in [-0.2, -0.15) is 0 Å². The lowest BCUT2D eigenvalue weighted by Gasteiger charge is -2.28. The van der Waals surface area contributed by atoms with Crippen molar-refractivity contribution < 1.29 is 0 Å². The van der Waals surface area contributed by atoms with Gasteiger partial charge in [0.25, 0.3) is 0 Å². The standard InChI is InChI=1S/C13H24N2S/c1-11-6-8-16-12(11)5-7-15(4)10-13(2,3)9-14/h6,8H,5,7,9-10,14H2,1-4H3. The third-order valence-corrected chi connectivity index (χ3v) is 4.02. The Hall–Kier alpha value is -0.380. The summed E-state index contributed by atoms with van der Waals surface area (Å²) in [5.41, 5.74) is 7.39. The molecule has 0 aromatic carbocycles. The molecule has 1 aromatic heterocycles. The topological polar surface area (TPSA) is 29.3 Å². The van der Waals surface area contributed by atoms with Crippen LogP contribution in [0.4, 0.5) is 0 Å². The lowest BCUT2D eigenvalue weighted by molar-refractivity contribution is 0.218. The summed E-state index contributed by atoms with van der Waals surface area (Å²) in [6, 6.07) is 2.20. The average Bonchev–Trinajstić information content (AvgIpc) is 2.60. The highest BCUT2D eigenvalue weighted by atomic mass is 32.1. The molecule has 3 heteroatoms. The lowest BCUT2D eigenvalue weighted by Crippen LogP contribution is -2.37. The minimum absolute atomic E-state index is 0.221. The molecule has 0 aliphatic heterocycles. The number of nitrogens with two attached hydrogens (primary N) is 1. The summed E-state index contributed by atoms with van der Waals surface area (Å²) in [7, 11) is 2.18. The smallest absolute Gasteiger partial charge is 0.00871 e. The molecule has 0 aliphatic carbocycles. The van der Waals surface area contributed by atoms with E-state index < -0.39 is 0 Å². The molecule has 2 nitrogen and oxygen atoms in total. The van der Waals surface area contributed by atoms with Crippen molar-refractivity contribution in [3.63, 3.8) is 0 Å². The van der Waals surface area contributed by atoms with Gasteiger partial charge in [-0.3, -0.25) is 0 Å². The molecule has 92 valence electrons. The zero-order chi connectivity index (χ0) is 12.2. The van der Waals surface area contributed by atoms with Crippen molar-refractivity contribution in [1.82, 2.24) is 4.90 Å². The molecule has 0 amide bonds. The van der Waals surface area contributed by atoms with Crippen LogP contribution in [0, 0.1) is 12.3 Å². The summed E-state index contributed by atoms with van der Waals surface area (Å²) < 4.78 is 0. The minimum Gasteiger partial charge on any atom is -0.330 e. The maximum Gasteiger partial charge on any atom is 0.00871 e. The molecule has 0 spiro atoms. The van der Waals surface area contributed by atoms with Crippen molar-refractivity contribution in [3.05, 3.63) is 21.9 Å². The van der Waals surface area contributed by atoms with Gasteiger partial charge in [0.15, 0.2) is 0 Å². The second-order valence-electron chi connectivity index (χ2n) is 5.38. The van der Waals surface area contributed by atoms with Gasteiger partial charge in [0.05, 0.1) is 0 Å². The Bertz CT molecular complexity index is 317. The first kappa shape index (κ1) is 13.7. The van der Waals surface area contributed by atoms with Crippen LogP contribution < -0.4 is 5.73 Å². The van der Waals surface area contributed by atoms with Gasteiger partial charge in [-0.25, -0.2) is 0 Å². The van der Waals surface area contributed by atoms with E-state index in [1.165, 1.54) is 10.4 Å². The van der Waals surface area contributed by atoms with Crippen LogP contribution in [0.5, 0.6) is 0 Å². The second-order valence-corrected chi connectivity index (χ2v) is 6.38. The first-order valence-electron chi connectivity index (χ1n) is 5.86. The summed E-state index contributed by atoms with van der Waals surface area (Å²) in [4.78, 5) is 3.89. The Balaban J connectivity index is 2.36. The molecule has 0 atom stereocenters. The van der Waals surface area contributed by atoms with Gasteiger partial charge in [0.2, 0.25) is 0 Å². The number of hydrogen-bond acceptors (Lipinski definition) is 3. The monoisotopic (exact) mass is 240 g/mol. The first-order chi connectivity index (χ1) is 7.44. The van der Waals surface area contributed by atoms with Gasteiger partial charge >= 0.3 is 0 Å². The molecule has 1 rings (SSSR count). The van der Waals surface area contributed by atoms with Crippen molar-refractivity contribution in [2.24, 2.45) is 11.1 Å². The molecule has 2 N–H and O–H groups in total. The molecule has 0 aliphatic rings. The number of nitrogens with zero attached hydrogens (tertiary/aromatic N) is 1. The van der Waals surface area contributed by atoms with Crippen LogP contribution in [0.3, 0.4) is 0 Å². The van der Waals surface area contributed by atoms with Crippen molar-refractivity contribution in [2.45, 2.75) is 27.2 Å². The molecule has 0 saturated heterocycles. The molecule has 0 saturated carbocycles. The average molecular weight is 240 g/mol. The summed E-state index contributed by atoms with van der Waals surface area (Å²) in [5.74, 6) is 0. The summed E-state index contributed by atoms with van der Waals surface area (Å²) in [6.45, 7) is 9.56. The van der Waals surface area contributed by atoms with E-state index in [0.29, 0.717) is 0 Å². The lowest BCUT2D eigenvalue weighted by atomic mass is 9.93. The third kappa shape index (κ3) is 4.24. The van der Waals surface area contributed by atoms with Crippen LogP contribution in [0.15, 0.2) is 11.4 Å². The molecule has 0 bridgehead atoms. The van der Waals surface area contributed by atoms with Crippen molar-refractivity contribution >= 4 is 11.3 Å². The number of aryl methyl sites for hydroxylation is 1. The SMILES string of the molecule is Cc1ccsc1CCN(C)CC(C)(C)CN. The Morgan fingerprint density at radius 1 is 1.44 bits per heavy atom. The number of rotatable bonds is 6. The molecular formula is C13H24N2S. The maximum absolute atomic E-state index is 5.74. The van der Waals surface area contributed by atoms with Crippen molar-refractivity contribution in [3.8, 4) is 0 Å². The van der Waals surface area contributed by atoms with Gasteiger partial charge in [0, 0.05) is 18.0 Å². The fourth-order valence-electron chi connectivity index (χ4n) is 1.83. The largest absolute Gasteiger partial charge is 0.330 e. The fraction of sp³-hybridized carbons (Fsp3) is 0.692. The fourth-order valence-corrected chi connectivity index (χ4v) is 2.73. The van der Waals surface area contributed by atoms with E-state index in [4.69, 9.17) is 5.73 Å². The number of thiophene rings is 1. The normalized spacial score (nSPS) is 12.4. The molecule has 0 radical (unpaired) electrons. The number of likely N-dealkylation sites (N-methyl/N-ethyl adjacent to an activating group) is 1. The quantitative estimate of drug-likeness (QED) is 0.828. The van der Waals surface area contributed by atoms with E-state index in [1.807, 2.05) is 11.3 Å². The predicted molar refractivity (Wildman–Crippen MR) is 73.1 cm³/mol. The van der Waals surface area contributed by atoms with Gasteiger partial charge in [-0.05, 0) is 49.4 Å². The minimum atomic E-state index is 0.221. The van der Waals surface area contributed by atoms with Crippen LogP contribution in [-0.4, -0.2) is 31.6 Å². The van der Waals surface area contributed by atoms with Crippen LogP contribution in [-0.2, 0) is 6.42 Å². The molecule has 1 aromatic rings. The van der Waals surface area contributed by atoms with Crippen LogP contribution in [0.25, 0.3) is 0 Å². The van der Waals surface area contributed by atoms with Gasteiger partial charge in [0.1, 0.15) is 0 Å². The zero-order valence-corrected chi connectivity index (χ0v) is 11.7. The van der Waals surface area contributed by atoms with Gasteiger partial charge in [-0.15, -0.1) is 11.3 Å². The first-order valence-corrected chi connectivity index (χ1v) is 6.74. The number of hydrogen-bond donors (Lipinski definition) is 1. The highest BCUT2D eigenvalue weighted by Gasteiger charge is 2.17. The van der Waals surface area contributed by atoms with Crippen molar-refractivity contribution in [2.75, 3.05) is 26.7 Å². The van der Waals surface area contributed by atoms with Gasteiger partial charge < -0.3 is 10.6 Å². The summed E-state index contributed by atoms with van der Waals surface area (Å²) >= 11 is 1.86. The molecule has 0 unspecified atom stereocenters. The Kier molecular flexibility index (Phi) is 4.96. The van der Waals surface area contributed by atoms with E-state index in [1.54, 1.807) is 0 Å². The Morgan fingerprint density at radius 2 is 2.12 bits per heavy atom. The van der Waals surface area contributed by atoms with E-state index in [0.717, 1.165) is 26.1 Å². The van der Waals surface area contributed by atoms with E-state index >= 15 is 0 Å². The Morgan fingerprint density at radius 3 is 2.62 bits per heavy atom. The van der Waals surface area contributed by atoms with E-state index in [-0.39, 0.29) is 5.41 Å². The Labute approximate surface area is 103 Å². The molecule has 1 heterocycles. The molecule has 16 heavy (non-hydrogen) atoms. The summed E-state index contributed by atoms with van der Waals surface area (Å²) in [5, 5.41) is 2.18. The summed E-state index contributed by atoms with van der Waals surface area (Å²) in [6.07, 6.45) is 1.15. The molecular weight excluding hydrogens is 216 g/mol.